The first-order valence-electron chi connectivity index (χ1n) is 7.50. The molecule has 3 heterocycles. The molecule has 7 heteroatoms. The van der Waals surface area contributed by atoms with Crippen LogP contribution in [0.4, 0.5) is 17.2 Å². The lowest BCUT2D eigenvalue weighted by atomic mass is 10.2. The maximum atomic E-state index is 12.6. The summed E-state index contributed by atoms with van der Waals surface area (Å²) in [5.41, 5.74) is 3.35. The summed E-state index contributed by atoms with van der Waals surface area (Å²) in [7, 11) is 1.79. The van der Waals surface area contributed by atoms with Crippen LogP contribution in [0, 0.1) is 13.8 Å². The number of nitrogens with one attached hydrogen (secondary N) is 2. The number of anilines is 3. The van der Waals surface area contributed by atoms with E-state index >= 15 is 0 Å². The highest BCUT2D eigenvalue weighted by Gasteiger charge is 2.16. The predicted molar refractivity (Wildman–Crippen MR) is 92.4 cm³/mol. The number of pyridine rings is 2. The van der Waals surface area contributed by atoms with Crippen molar-refractivity contribution in [2.75, 3.05) is 10.6 Å². The van der Waals surface area contributed by atoms with E-state index < -0.39 is 0 Å². The number of aromatic nitrogens is 4. The van der Waals surface area contributed by atoms with Gasteiger partial charge in [0.25, 0.3) is 5.91 Å². The summed E-state index contributed by atoms with van der Waals surface area (Å²) in [5.74, 6) is 0.163. The second kappa shape index (κ2) is 6.49. The number of hydrogen-bond acceptors (Lipinski definition) is 5. The van der Waals surface area contributed by atoms with E-state index in [4.69, 9.17) is 0 Å². The molecule has 0 aliphatic carbocycles. The summed E-state index contributed by atoms with van der Waals surface area (Å²) in [6, 6.07) is 9.16. The summed E-state index contributed by atoms with van der Waals surface area (Å²) < 4.78 is 1.62. The molecule has 0 aromatic carbocycles. The number of hydrogen-bond donors (Lipinski definition) is 2. The molecule has 24 heavy (non-hydrogen) atoms. The molecule has 0 radical (unpaired) electrons. The van der Waals surface area contributed by atoms with Gasteiger partial charge in [0.15, 0.2) is 11.5 Å². The van der Waals surface area contributed by atoms with E-state index in [9.17, 15) is 4.79 Å². The molecule has 0 saturated heterocycles. The molecular weight excluding hydrogens is 304 g/mol. The fourth-order valence-corrected chi connectivity index (χ4v) is 2.25. The normalized spacial score (nSPS) is 10.5. The predicted octanol–water partition coefficient (Wildman–Crippen LogP) is 2.82. The molecule has 1 amide bonds. The van der Waals surface area contributed by atoms with Crippen LogP contribution in [0.1, 0.15) is 21.9 Å². The Labute approximate surface area is 139 Å². The van der Waals surface area contributed by atoms with Crippen molar-refractivity contribution < 1.29 is 4.79 Å². The van der Waals surface area contributed by atoms with Crippen molar-refractivity contribution in [2.24, 2.45) is 7.05 Å². The van der Waals surface area contributed by atoms with Crippen LogP contribution >= 0.6 is 0 Å². The average Bonchev–Trinajstić information content (AvgIpc) is 2.96. The van der Waals surface area contributed by atoms with Crippen LogP contribution < -0.4 is 10.6 Å². The molecule has 0 aliphatic rings. The zero-order chi connectivity index (χ0) is 17.1. The number of carbonyl (C=O) groups is 1. The Kier molecular flexibility index (Phi) is 4.24. The van der Waals surface area contributed by atoms with Crippen molar-refractivity contribution in [3.8, 4) is 0 Å². The van der Waals surface area contributed by atoms with Crippen molar-refractivity contribution in [3.05, 3.63) is 59.8 Å². The van der Waals surface area contributed by atoms with E-state index in [1.807, 2.05) is 38.1 Å². The number of aryl methyl sites for hydroxylation is 3. The number of amides is 1. The number of carbonyl (C=O) groups excluding carboxylic acids is 1. The Hall–Kier alpha value is -3.22. The van der Waals surface area contributed by atoms with Gasteiger partial charge in [0.05, 0.1) is 17.1 Å². The zero-order valence-corrected chi connectivity index (χ0v) is 13.7. The smallest absolute Gasteiger partial charge is 0.277 e. The van der Waals surface area contributed by atoms with Gasteiger partial charge in [0, 0.05) is 31.2 Å². The van der Waals surface area contributed by atoms with Crippen molar-refractivity contribution >= 4 is 23.1 Å². The Morgan fingerprint density at radius 3 is 2.67 bits per heavy atom. The van der Waals surface area contributed by atoms with Crippen molar-refractivity contribution in [3.63, 3.8) is 0 Å². The maximum Gasteiger partial charge on any atom is 0.277 e. The largest absolute Gasteiger partial charge is 0.352 e. The van der Waals surface area contributed by atoms with Gasteiger partial charge in [-0.05, 0) is 38.1 Å². The van der Waals surface area contributed by atoms with Gasteiger partial charge < -0.3 is 10.6 Å². The van der Waals surface area contributed by atoms with Crippen LogP contribution in [0.15, 0.2) is 42.7 Å². The Morgan fingerprint density at radius 2 is 1.96 bits per heavy atom. The van der Waals surface area contributed by atoms with Crippen LogP contribution in [0.3, 0.4) is 0 Å². The molecule has 122 valence electrons. The first-order chi connectivity index (χ1) is 11.5. The molecule has 2 N–H and O–H groups in total. The maximum absolute atomic E-state index is 12.6. The van der Waals surface area contributed by atoms with Gasteiger partial charge >= 0.3 is 0 Å². The van der Waals surface area contributed by atoms with Crippen molar-refractivity contribution in [1.29, 1.82) is 0 Å². The van der Waals surface area contributed by atoms with E-state index in [1.165, 1.54) is 0 Å². The molecule has 0 saturated carbocycles. The highest BCUT2D eigenvalue weighted by molar-refractivity contribution is 6.06. The minimum Gasteiger partial charge on any atom is -0.352 e. The van der Waals surface area contributed by atoms with Gasteiger partial charge in [-0.25, -0.2) is 4.98 Å². The monoisotopic (exact) mass is 322 g/mol. The average molecular weight is 322 g/mol. The van der Waals surface area contributed by atoms with E-state index in [1.54, 1.807) is 30.2 Å². The summed E-state index contributed by atoms with van der Waals surface area (Å²) in [4.78, 5) is 21.2. The standard InChI is InChI=1S/C17H18N6O/c1-11-6-7-14(20-13-5-4-9-18-12(13)2)16(19-11)17(24)21-15-8-10-23(3)22-15/h4-10,20H,1-3H3,(H,21,22,24). The third kappa shape index (κ3) is 3.40. The second-order valence-electron chi connectivity index (χ2n) is 5.44. The van der Waals surface area contributed by atoms with E-state index in [0.29, 0.717) is 17.2 Å². The van der Waals surface area contributed by atoms with Crippen molar-refractivity contribution in [1.82, 2.24) is 19.7 Å². The molecule has 3 aromatic heterocycles. The SMILES string of the molecule is Cc1ccc(Nc2cccnc2C)c(C(=O)Nc2ccn(C)n2)n1. The van der Waals surface area contributed by atoms with Crippen LogP contribution in [-0.4, -0.2) is 25.7 Å². The zero-order valence-electron chi connectivity index (χ0n) is 13.7. The molecular formula is C17H18N6O. The summed E-state index contributed by atoms with van der Waals surface area (Å²) in [6.45, 7) is 3.74. The molecule has 7 nitrogen and oxygen atoms in total. The molecule has 0 fully saturated rings. The molecule has 0 bridgehead atoms. The molecule has 0 spiro atoms. The van der Waals surface area contributed by atoms with Gasteiger partial charge in [-0.1, -0.05) is 0 Å². The Bertz CT molecular complexity index is 886. The van der Waals surface area contributed by atoms with Crippen LogP contribution in [0.2, 0.25) is 0 Å². The van der Waals surface area contributed by atoms with Crippen LogP contribution in [-0.2, 0) is 7.05 Å². The van der Waals surface area contributed by atoms with Crippen molar-refractivity contribution in [2.45, 2.75) is 13.8 Å². The summed E-state index contributed by atoms with van der Waals surface area (Å²) in [5, 5.41) is 10.1. The topological polar surface area (TPSA) is 84.7 Å². The summed E-state index contributed by atoms with van der Waals surface area (Å²) in [6.07, 6.45) is 3.49. The molecule has 3 rings (SSSR count). The quantitative estimate of drug-likeness (QED) is 0.771. The lowest BCUT2D eigenvalue weighted by Gasteiger charge is -2.13. The van der Waals surface area contributed by atoms with Crippen LogP contribution in [0.25, 0.3) is 0 Å². The fourth-order valence-electron chi connectivity index (χ4n) is 2.25. The highest BCUT2D eigenvalue weighted by atomic mass is 16.2. The minimum atomic E-state index is -0.318. The van der Waals surface area contributed by atoms with E-state index in [-0.39, 0.29) is 5.91 Å². The minimum absolute atomic E-state index is 0.309. The summed E-state index contributed by atoms with van der Waals surface area (Å²) >= 11 is 0. The first kappa shape index (κ1) is 15.7. The van der Waals surface area contributed by atoms with Crippen LogP contribution in [0.5, 0.6) is 0 Å². The Morgan fingerprint density at radius 1 is 1.12 bits per heavy atom. The third-order valence-corrected chi connectivity index (χ3v) is 3.48. The molecule has 0 aliphatic heterocycles. The van der Waals surface area contributed by atoms with E-state index in [2.05, 4.69) is 25.7 Å². The Balaban J connectivity index is 1.90. The lowest BCUT2D eigenvalue weighted by Crippen LogP contribution is -2.17. The first-order valence-corrected chi connectivity index (χ1v) is 7.50. The van der Waals surface area contributed by atoms with Gasteiger partial charge in [-0.2, -0.15) is 5.10 Å². The molecule has 0 atom stereocenters. The highest BCUT2D eigenvalue weighted by Crippen LogP contribution is 2.22. The van der Waals surface area contributed by atoms with Gasteiger partial charge in [-0.3, -0.25) is 14.5 Å². The molecule has 0 unspecified atom stereocenters. The number of rotatable bonds is 4. The van der Waals surface area contributed by atoms with Gasteiger partial charge in [0.2, 0.25) is 0 Å². The van der Waals surface area contributed by atoms with E-state index in [0.717, 1.165) is 17.1 Å². The molecule has 3 aromatic rings. The fraction of sp³-hybridized carbons (Fsp3) is 0.176. The second-order valence-corrected chi connectivity index (χ2v) is 5.44. The lowest BCUT2D eigenvalue weighted by molar-refractivity contribution is 0.102. The number of nitrogens with zero attached hydrogens (tertiary/aromatic N) is 4. The van der Waals surface area contributed by atoms with Gasteiger partial charge in [0.1, 0.15) is 0 Å². The third-order valence-electron chi connectivity index (χ3n) is 3.48. The van der Waals surface area contributed by atoms with Gasteiger partial charge in [-0.15, -0.1) is 0 Å².